The highest BCUT2D eigenvalue weighted by atomic mass is 15.0. The Bertz CT molecular complexity index is 319. The molecule has 1 aromatic rings. The minimum atomic E-state index is 0.427. The second-order valence-electron chi connectivity index (χ2n) is 2.39. The maximum atomic E-state index is 5.62. The van der Waals surface area contributed by atoms with Crippen LogP contribution in [-0.2, 0) is 0 Å². The molecule has 0 atom stereocenters. The van der Waals surface area contributed by atoms with Crippen LogP contribution in [0.25, 0.3) is 6.08 Å². The summed E-state index contributed by atoms with van der Waals surface area (Å²) in [6.07, 6.45) is 4.78. The SMILES string of the molecule is C=CCNc1ncnc(N)c1C=C. The summed E-state index contributed by atoms with van der Waals surface area (Å²) in [6, 6.07) is 0. The largest absolute Gasteiger partial charge is 0.383 e. The molecular formula is C9H12N4. The van der Waals surface area contributed by atoms with E-state index in [9.17, 15) is 0 Å². The van der Waals surface area contributed by atoms with Gasteiger partial charge in [0.2, 0.25) is 0 Å². The van der Waals surface area contributed by atoms with Gasteiger partial charge in [0.05, 0.1) is 5.56 Å². The van der Waals surface area contributed by atoms with Gasteiger partial charge in [-0.2, -0.15) is 0 Å². The Morgan fingerprint density at radius 2 is 2.23 bits per heavy atom. The second-order valence-corrected chi connectivity index (χ2v) is 2.39. The van der Waals surface area contributed by atoms with Gasteiger partial charge >= 0.3 is 0 Å². The predicted molar refractivity (Wildman–Crippen MR) is 55.2 cm³/mol. The van der Waals surface area contributed by atoms with Gasteiger partial charge in [0.25, 0.3) is 0 Å². The highest BCUT2D eigenvalue weighted by molar-refractivity contribution is 5.70. The van der Waals surface area contributed by atoms with Crippen molar-refractivity contribution in [1.82, 2.24) is 9.97 Å². The van der Waals surface area contributed by atoms with E-state index in [1.807, 2.05) is 0 Å². The van der Waals surface area contributed by atoms with E-state index in [0.717, 1.165) is 5.56 Å². The summed E-state index contributed by atoms with van der Waals surface area (Å²) in [5, 5.41) is 3.03. The fraction of sp³-hybridized carbons (Fsp3) is 0.111. The van der Waals surface area contributed by atoms with Gasteiger partial charge in [-0.3, -0.25) is 0 Å². The molecule has 1 rings (SSSR count). The van der Waals surface area contributed by atoms with Gasteiger partial charge in [0.15, 0.2) is 0 Å². The monoisotopic (exact) mass is 176 g/mol. The van der Waals surface area contributed by atoms with Gasteiger partial charge in [-0.25, -0.2) is 9.97 Å². The average molecular weight is 176 g/mol. The van der Waals surface area contributed by atoms with E-state index in [0.29, 0.717) is 18.2 Å². The Balaban J connectivity index is 2.97. The van der Waals surface area contributed by atoms with Crippen molar-refractivity contribution in [3.63, 3.8) is 0 Å². The molecule has 0 bridgehead atoms. The third-order valence-corrected chi connectivity index (χ3v) is 1.53. The Morgan fingerprint density at radius 1 is 1.46 bits per heavy atom. The summed E-state index contributed by atoms with van der Waals surface area (Å²) in [6.45, 7) is 7.86. The highest BCUT2D eigenvalue weighted by Crippen LogP contribution is 2.17. The van der Waals surface area contributed by atoms with Crippen molar-refractivity contribution in [2.45, 2.75) is 0 Å². The van der Waals surface area contributed by atoms with Crippen LogP contribution in [0, 0.1) is 0 Å². The smallest absolute Gasteiger partial charge is 0.139 e. The fourth-order valence-corrected chi connectivity index (χ4v) is 0.920. The number of nitrogens with two attached hydrogens (primary N) is 1. The predicted octanol–water partition coefficient (Wildman–Crippen LogP) is 1.30. The molecule has 13 heavy (non-hydrogen) atoms. The number of hydrogen-bond acceptors (Lipinski definition) is 4. The number of hydrogen-bond donors (Lipinski definition) is 2. The molecule has 0 amide bonds. The van der Waals surface area contributed by atoms with Crippen molar-refractivity contribution in [3.8, 4) is 0 Å². The molecular weight excluding hydrogens is 164 g/mol. The first kappa shape index (κ1) is 9.25. The van der Waals surface area contributed by atoms with E-state index in [1.54, 1.807) is 12.2 Å². The lowest BCUT2D eigenvalue weighted by Crippen LogP contribution is -2.05. The molecule has 0 aromatic carbocycles. The summed E-state index contributed by atoms with van der Waals surface area (Å²) >= 11 is 0. The van der Waals surface area contributed by atoms with Gasteiger partial charge in [-0.1, -0.05) is 18.7 Å². The highest BCUT2D eigenvalue weighted by Gasteiger charge is 2.03. The van der Waals surface area contributed by atoms with Crippen molar-refractivity contribution < 1.29 is 0 Å². The Hall–Kier alpha value is -1.84. The molecule has 0 saturated carbocycles. The quantitative estimate of drug-likeness (QED) is 0.679. The maximum absolute atomic E-state index is 5.62. The van der Waals surface area contributed by atoms with Crippen molar-refractivity contribution in [3.05, 3.63) is 31.1 Å². The molecule has 0 aliphatic carbocycles. The standard InChI is InChI=1S/C9H12N4/c1-3-5-11-9-7(4-2)8(10)12-6-13-9/h3-4,6H,1-2,5H2,(H3,10,11,12,13). The molecule has 1 heterocycles. The van der Waals surface area contributed by atoms with E-state index < -0.39 is 0 Å². The van der Waals surface area contributed by atoms with E-state index in [2.05, 4.69) is 28.4 Å². The third-order valence-electron chi connectivity index (χ3n) is 1.53. The summed E-state index contributed by atoms with van der Waals surface area (Å²) in [5.74, 6) is 1.11. The van der Waals surface area contributed by atoms with Crippen LogP contribution in [0.5, 0.6) is 0 Å². The zero-order chi connectivity index (χ0) is 9.68. The van der Waals surface area contributed by atoms with E-state index >= 15 is 0 Å². The van der Waals surface area contributed by atoms with Gasteiger partial charge in [0.1, 0.15) is 18.0 Å². The molecule has 0 unspecified atom stereocenters. The number of nitrogens with zero attached hydrogens (tertiary/aromatic N) is 2. The van der Waals surface area contributed by atoms with Crippen molar-refractivity contribution in [2.75, 3.05) is 17.6 Å². The summed E-state index contributed by atoms with van der Waals surface area (Å²) in [4.78, 5) is 7.87. The van der Waals surface area contributed by atoms with Crippen LogP contribution in [0.2, 0.25) is 0 Å². The van der Waals surface area contributed by atoms with Crippen LogP contribution in [0.1, 0.15) is 5.56 Å². The lowest BCUT2D eigenvalue weighted by Gasteiger charge is -2.06. The molecule has 68 valence electrons. The molecule has 0 spiro atoms. The first-order valence-corrected chi connectivity index (χ1v) is 3.87. The first-order valence-electron chi connectivity index (χ1n) is 3.87. The number of anilines is 2. The lowest BCUT2D eigenvalue weighted by molar-refractivity contribution is 1.14. The summed E-state index contributed by atoms with van der Waals surface area (Å²) in [7, 11) is 0. The molecule has 0 aliphatic heterocycles. The number of rotatable bonds is 4. The van der Waals surface area contributed by atoms with Crippen LogP contribution >= 0.6 is 0 Å². The number of aromatic nitrogens is 2. The molecule has 0 radical (unpaired) electrons. The Kier molecular flexibility index (Phi) is 3.03. The third kappa shape index (κ3) is 2.05. The zero-order valence-electron chi connectivity index (χ0n) is 7.33. The van der Waals surface area contributed by atoms with E-state index in [-0.39, 0.29) is 0 Å². The van der Waals surface area contributed by atoms with Gasteiger partial charge in [-0.05, 0) is 0 Å². The number of nitrogen functional groups attached to an aromatic ring is 1. The number of nitrogens with one attached hydrogen (secondary N) is 1. The Labute approximate surface area is 77.2 Å². The summed E-state index contributed by atoms with van der Waals surface area (Å²) < 4.78 is 0. The van der Waals surface area contributed by atoms with Gasteiger partial charge in [-0.15, -0.1) is 6.58 Å². The fourth-order valence-electron chi connectivity index (χ4n) is 0.920. The minimum Gasteiger partial charge on any atom is -0.383 e. The Morgan fingerprint density at radius 3 is 2.85 bits per heavy atom. The molecule has 0 aliphatic rings. The normalized spacial score (nSPS) is 9.23. The van der Waals surface area contributed by atoms with Crippen LogP contribution in [-0.4, -0.2) is 16.5 Å². The first-order chi connectivity index (χ1) is 6.29. The second kappa shape index (κ2) is 4.25. The van der Waals surface area contributed by atoms with Gasteiger partial charge in [0, 0.05) is 6.54 Å². The lowest BCUT2D eigenvalue weighted by atomic mass is 10.3. The van der Waals surface area contributed by atoms with Crippen molar-refractivity contribution in [1.29, 1.82) is 0 Å². The molecule has 1 aromatic heterocycles. The van der Waals surface area contributed by atoms with E-state index in [4.69, 9.17) is 5.73 Å². The molecule has 0 fully saturated rings. The molecule has 3 N–H and O–H groups in total. The van der Waals surface area contributed by atoms with Crippen LogP contribution < -0.4 is 11.1 Å². The maximum Gasteiger partial charge on any atom is 0.139 e. The van der Waals surface area contributed by atoms with E-state index in [1.165, 1.54) is 6.33 Å². The van der Waals surface area contributed by atoms with Crippen molar-refractivity contribution in [2.24, 2.45) is 0 Å². The minimum absolute atomic E-state index is 0.427. The summed E-state index contributed by atoms with van der Waals surface area (Å²) in [5.41, 5.74) is 6.34. The molecule has 4 nitrogen and oxygen atoms in total. The van der Waals surface area contributed by atoms with Crippen molar-refractivity contribution >= 4 is 17.7 Å². The van der Waals surface area contributed by atoms with Crippen LogP contribution in [0.4, 0.5) is 11.6 Å². The van der Waals surface area contributed by atoms with Crippen LogP contribution in [0.15, 0.2) is 25.6 Å². The van der Waals surface area contributed by atoms with Gasteiger partial charge < -0.3 is 11.1 Å². The topological polar surface area (TPSA) is 63.8 Å². The zero-order valence-corrected chi connectivity index (χ0v) is 7.33. The van der Waals surface area contributed by atoms with Crippen LogP contribution in [0.3, 0.4) is 0 Å². The average Bonchev–Trinajstić information content (AvgIpc) is 2.15. The molecule has 4 heteroatoms. The molecule has 0 saturated heterocycles.